The SMILES string of the molecule is CC(=NNC(=O)COc1ccc(C)cc1Br)C(C)(C)C. The summed E-state index contributed by atoms with van der Waals surface area (Å²) in [5.41, 5.74) is 4.42. The zero-order valence-corrected chi connectivity index (χ0v) is 14.2. The number of amides is 1. The largest absolute Gasteiger partial charge is 0.483 e. The summed E-state index contributed by atoms with van der Waals surface area (Å²) in [6.45, 7) is 9.93. The van der Waals surface area contributed by atoms with E-state index in [4.69, 9.17) is 4.74 Å². The summed E-state index contributed by atoms with van der Waals surface area (Å²) in [5.74, 6) is 0.364. The van der Waals surface area contributed by atoms with Gasteiger partial charge in [0.15, 0.2) is 6.61 Å². The monoisotopic (exact) mass is 340 g/mol. The molecular weight excluding hydrogens is 320 g/mol. The third-order valence-electron chi connectivity index (χ3n) is 2.88. The topological polar surface area (TPSA) is 50.7 Å². The van der Waals surface area contributed by atoms with E-state index in [9.17, 15) is 4.79 Å². The molecule has 1 amide bonds. The second-order valence-corrected chi connectivity index (χ2v) is 6.56. The number of benzene rings is 1. The Hall–Kier alpha value is -1.36. The van der Waals surface area contributed by atoms with Gasteiger partial charge in [0.2, 0.25) is 0 Å². The van der Waals surface area contributed by atoms with E-state index in [1.165, 1.54) is 0 Å². The van der Waals surface area contributed by atoms with Crippen molar-refractivity contribution in [1.82, 2.24) is 5.43 Å². The molecule has 4 nitrogen and oxygen atoms in total. The summed E-state index contributed by atoms with van der Waals surface area (Å²) < 4.78 is 6.28. The number of carbonyl (C=O) groups excluding carboxylic acids is 1. The molecule has 0 saturated carbocycles. The molecule has 20 heavy (non-hydrogen) atoms. The van der Waals surface area contributed by atoms with Crippen LogP contribution in [0.1, 0.15) is 33.3 Å². The molecule has 0 aliphatic rings. The van der Waals surface area contributed by atoms with Crippen LogP contribution in [0.3, 0.4) is 0 Å². The van der Waals surface area contributed by atoms with Crippen LogP contribution in [0.4, 0.5) is 0 Å². The van der Waals surface area contributed by atoms with Gasteiger partial charge < -0.3 is 4.74 Å². The Labute approximate surface area is 128 Å². The number of ether oxygens (including phenoxy) is 1. The summed E-state index contributed by atoms with van der Waals surface area (Å²) in [4.78, 5) is 11.7. The van der Waals surface area contributed by atoms with Crippen LogP contribution in [0, 0.1) is 12.3 Å². The van der Waals surface area contributed by atoms with Crippen LogP contribution in [-0.2, 0) is 4.79 Å². The van der Waals surface area contributed by atoms with E-state index < -0.39 is 0 Å². The Bertz CT molecular complexity index is 519. The summed E-state index contributed by atoms with van der Waals surface area (Å²) in [6, 6.07) is 5.70. The Morgan fingerprint density at radius 3 is 2.60 bits per heavy atom. The number of nitrogens with one attached hydrogen (secondary N) is 1. The molecule has 0 unspecified atom stereocenters. The van der Waals surface area contributed by atoms with Gasteiger partial charge in [-0.05, 0) is 47.5 Å². The predicted octanol–water partition coefficient (Wildman–Crippen LogP) is 3.67. The van der Waals surface area contributed by atoms with Gasteiger partial charge in [-0.2, -0.15) is 5.10 Å². The van der Waals surface area contributed by atoms with Crippen LogP contribution in [0.15, 0.2) is 27.8 Å². The second-order valence-electron chi connectivity index (χ2n) is 5.70. The third kappa shape index (κ3) is 5.33. The molecule has 0 bridgehead atoms. The van der Waals surface area contributed by atoms with Crippen molar-refractivity contribution < 1.29 is 9.53 Å². The van der Waals surface area contributed by atoms with Crippen LogP contribution in [-0.4, -0.2) is 18.2 Å². The molecule has 0 aliphatic carbocycles. The predicted molar refractivity (Wildman–Crippen MR) is 85.1 cm³/mol. The van der Waals surface area contributed by atoms with Crippen molar-refractivity contribution in [2.45, 2.75) is 34.6 Å². The van der Waals surface area contributed by atoms with E-state index in [2.05, 4.69) is 26.5 Å². The maximum absolute atomic E-state index is 11.7. The number of carbonyl (C=O) groups is 1. The Morgan fingerprint density at radius 2 is 2.05 bits per heavy atom. The maximum Gasteiger partial charge on any atom is 0.277 e. The molecule has 0 spiro atoms. The first-order valence-corrected chi connectivity index (χ1v) is 7.22. The van der Waals surface area contributed by atoms with E-state index in [1.807, 2.05) is 52.8 Å². The summed E-state index contributed by atoms with van der Waals surface area (Å²) in [6.07, 6.45) is 0. The molecule has 0 heterocycles. The van der Waals surface area contributed by atoms with Gasteiger partial charge in [-0.1, -0.05) is 26.8 Å². The lowest BCUT2D eigenvalue weighted by Crippen LogP contribution is -2.28. The number of nitrogens with zero attached hydrogens (tertiary/aromatic N) is 1. The fraction of sp³-hybridized carbons (Fsp3) is 0.467. The van der Waals surface area contributed by atoms with Crippen LogP contribution in [0.25, 0.3) is 0 Å². The molecule has 1 N–H and O–H groups in total. The highest BCUT2D eigenvalue weighted by Crippen LogP contribution is 2.25. The molecular formula is C15H21BrN2O2. The number of hydrazone groups is 1. The lowest BCUT2D eigenvalue weighted by molar-refractivity contribution is -0.123. The molecule has 1 rings (SSSR count). The molecule has 1 aromatic rings. The highest BCUT2D eigenvalue weighted by molar-refractivity contribution is 9.10. The van der Waals surface area contributed by atoms with Crippen LogP contribution in [0.2, 0.25) is 0 Å². The molecule has 1 aromatic carbocycles. The van der Waals surface area contributed by atoms with E-state index in [-0.39, 0.29) is 17.9 Å². The van der Waals surface area contributed by atoms with E-state index in [0.717, 1.165) is 15.7 Å². The van der Waals surface area contributed by atoms with Crippen molar-refractivity contribution in [3.8, 4) is 5.75 Å². The van der Waals surface area contributed by atoms with Crippen molar-refractivity contribution >= 4 is 27.5 Å². The first-order chi connectivity index (χ1) is 9.20. The van der Waals surface area contributed by atoms with Crippen molar-refractivity contribution in [1.29, 1.82) is 0 Å². The fourth-order valence-electron chi connectivity index (χ4n) is 1.21. The van der Waals surface area contributed by atoms with Crippen molar-refractivity contribution in [2.75, 3.05) is 6.61 Å². The summed E-state index contributed by atoms with van der Waals surface area (Å²) in [7, 11) is 0. The van der Waals surface area contributed by atoms with Gasteiger partial charge in [0, 0.05) is 11.1 Å². The minimum absolute atomic E-state index is 0.0614. The normalized spacial score (nSPS) is 12.2. The van der Waals surface area contributed by atoms with Gasteiger partial charge in [0.1, 0.15) is 5.75 Å². The average molecular weight is 341 g/mol. The van der Waals surface area contributed by atoms with E-state index in [1.54, 1.807) is 0 Å². The zero-order valence-electron chi connectivity index (χ0n) is 12.6. The molecule has 5 heteroatoms. The summed E-state index contributed by atoms with van der Waals surface area (Å²) >= 11 is 3.40. The van der Waals surface area contributed by atoms with Gasteiger partial charge in [0.25, 0.3) is 5.91 Å². The first kappa shape index (κ1) is 16.7. The minimum atomic E-state index is -0.277. The molecule has 0 saturated heterocycles. The molecule has 110 valence electrons. The van der Waals surface area contributed by atoms with E-state index >= 15 is 0 Å². The number of hydrogen-bond acceptors (Lipinski definition) is 3. The van der Waals surface area contributed by atoms with Gasteiger partial charge in [-0.25, -0.2) is 5.43 Å². The van der Waals surface area contributed by atoms with Crippen LogP contribution >= 0.6 is 15.9 Å². The van der Waals surface area contributed by atoms with Crippen LogP contribution in [0.5, 0.6) is 5.75 Å². The Balaban J connectivity index is 2.52. The Morgan fingerprint density at radius 1 is 1.40 bits per heavy atom. The second kappa shape index (κ2) is 6.88. The number of hydrogen-bond donors (Lipinski definition) is 1. The van der Waals surface area contributed by atoms with Crippen molar-refractivity contribution in [3.05, 3.63) is 28.2 Å². The third-order valence-corrected chi connectivity index (χ3v) is 3.50. The van der Waals surface area contributed by atoms with Gasteiger partial charge in [-0.3, -0.25) is 4.79 Å². The lowest BCUT2D eigenvalue weighted by atomic mass is 9.91. The molecule has 0 radical (unpaired) electrons. The quantitative estimate of drug-likeness (QED) is 0.671. The van der Waals surface area contributed by atoms with E-state index in [0.29, 0.717) is 5.75 Å². The van der Waals surface area contributed by atoms with Gasteiger partial charge >= 0.3 is 0 Å². The fourth-order valence-corrected chi connectivity index (χ4v) is 1.82. The first-order valence-electron chi connectivity index (χ1n) is 6.42. The number of halogens is 1. The standard InChI is InChI=1S/C15H21BrN2O2/c1-10-6-7-13(12(16)8-10)20-9-14(19)18-17-11(2)15(3,4)5/h6-8H,9H2,1-5H3,(H,18,19). The molecule has 0 aromatic heterocycles. The molecule has 0 aliphatic heterocycles. The van der Waals surface area contributed by atoms with Gasteiger partial charge in [-0.15, -0.1) is 0 Å². The smallest absolute Gasteiger partial charge is 0.277 e. The van der Waals surface area contributed by atoms with Crippen molar-refractivity contribution in [2.24, 2.45) is 10.5 Å². The summed E-state index contributed by atoms with van der Waals surface area (Å²) in [5, 5.41) is 4.07. The molecule has 0 fully saturated rings. The van der Waals surface area contributed by atoms with Gasteiger partial charge in [0.05, 0.1) is 4.47 Å². The highest BCUT2D eigenvalue weighted by Gasteiger charge is 2.14. The average Bonchev–Trinajstić information content (AvgIpc) is 2.33. The van der Waals surface area contributed by atoms with Crippen LogP contribution < -0.4 is 10.2 Å². The maximum atomic E-state index is 11.7. The minimum Gasteiger partial charge on any atom is -0.483 e. The zero-order chi connectivity index (χ0) is 15.3. The molecule has 0 atom stereocenters. The Kier molecular flexibility index (Phi) is 5.74. The van der Waals surface area contributed by atoms with Crippen molar-refractivity contribution in [3.63, 3.8) is 0 Å². The lowest BCUT2D eigenvalue weighted by Gasteiger charge is -2.17. The number of rotatable bonds is 4. The number of aryl methyl sites for hydroxylation is 1. The highest BCUT2D eigenvalue weighted by atomic mass is 79.9.